The molecule has 5 rings (SSSR count). The highest BCUT2D eigenvalue weighted by molar-refractivity contribution is 5.99. The van der Waals surface area contributed by atoms with Crippen LogP contribution in [0.4, 0.5) is 17.1 Å². The summed E-state index contributed by atoms with van der Waals surface area (Å²) < 4.78 is 0. The number of fused-ring (bicyclic) bond motifs is 1. The molecular formula is C29H28N4O2. The number of amides is 2. The van der Waals surface area contributed by atoms with E-state index in [9.17, 15) is 9.59 Å². The quantitative estimate of drug-likeness (QED) is 0.375. The van der Waals surface area contributed by atoms with E-state index in [0.717, 1.165) is 52.8 Å². The van der Waals surface area contributed by atoms with E-state index >= 15 is 0 Å². The third-order valence-electron chi connectivity index (χ3n) is 6.39. The van der Waals surface area contributed by atoms with Gasteiger partial charge in [-0.2, -0.15) is 0 Å². The lowest BCUT2D eigenvalue weighted by Crippen LogP contribution is -2.35. The van der Waals surface area contributed by atoms with Crippen molar-refractivity contribution in [3.05, 3.63) is 96.2 Å². The highest BCUT2D eigenvalue weighted by atomic mass is 16.2. The van der Waals surface area contributed by atoms with Crippen molar-refractivity contribution in [2.75, 3.05) is 22.1 Å². The minimum absolute atomic E-state index is 0.162. The molecule has 35 heavy (non-hydrogen) atoms. The molecule has 2 N–H and O–H groups in total. The zero-order chi connectivity index (χ0) is 24.2. The summed E-state index contributed by atoms with van der Waals surface area (Å²) in [6.07, 6.45) is 4.32. The number of aromatic nitrogens is 1. The number of benzene rings is 3. The molecule has 0 saturated carbocycles. The number of aryl methyl sites for hydroxylation is 1. The highest BCUT2D eigenvalue weighted by Gasteiger charge is 2.23. The Hall–Kier alpha value is -4.19. The van der Waals surface area contributed by atoms with Crippen molar-refractivity contribution in [1.29, 1.82) is 0 Å². The van der Waals surface area contributed by atoms with Crippen LogP contribution in [0.3, 0.4) is 0 Å². The number of carbonyl (C=O) groups is 2. The Labute approximate surface area is 205 Å². The fourth-order valence-corrected chi connectivity index (χ4v) is 4.59. The van der Waals surface area contributed by atoms with Gasteiger partial charge in [0.15, 0.2) is 0 Å². The number of rotatable bonds is 6. The number of pyridine rings is 1. The van der Waals surface area contributed by atoms with Crippen molar-refractivity contribution in [2.24, 2.45) is 0 Å². The molecular weight excluding hydrogens is 436 g/mol. The van der Waals surface area contributed by atoms with Crippen molar-refractivity contribution in [1.82, 2.24) is 4.98 Å². The molecule has 1 fully saturated rings. The third-order valence-corrected chi connectivity index (χ3v) is 6.39. The minimum atomic E-state index is -0.589. The van der Waals surface area contributed by atoms with E-state index in [-0.39, 0.29) is 11.8 Å². The van der Waals surface area contributed by atoms with E-state index in [4.69, 9.17) is 0 Å². The van der Waals surface area contributed by atoms with Gasteiger partial charge in [0.1, 0.15) is 6.04 Å². The van der Waals surface area contributed by atoms with Crippen molar-refractivity contribution in [3.8, 4) is 0 Å². The topological polar surface area (TPSA) is 74.3 Å². The van der Waals surface area contributed by atoms with Gasteiger partial charge in [-0.1, -0.05) is 36.4 Å². The second-order valence-electron chi connectivity index (χ2n) is 8.89. The maximum atomic E-state index is 13.5. The van der Waals surface area contributed by atoms with Crippen molar-refractivity contribution < 1.29 is 9.59 Å². The summed E-state index contributed by atoms with van der Waals surface area (Å²) >= 11 is 0. The highest BCUT2D eigenvalue weighted by Crippen LogP contribution is 2.29. The predicted octanol–water partition coefficient (Wildman–Crippen LogP) is 5.85. The second-order valence-corrected chi connectivity index (χ2v) is 8.89. The van der Waals surface area contributed by atoms with Gasteiger partial charge in [-0.15, -0.1) is 0 Å². The monoisotopic (exact) mass is 464 g/mol. The molecule has 0 aliphatic carbocycles. The molecule has 1 unspecified atom stereocenters. The van der Waals surface area contributed by atoms with Gasteiger partial charge < -0.3 is 15.5 Å². The molecule has 1 atom stereocenters. The van der Waals surface area contributed by atoms with E-state index in [1.807, 2.05) is 90.7 Å². The van der Waals surface area contributed by atoms with Gasteiger partial charge in [-0.25, -0.2) is 0 Å². The van der Waals surface area contributed by atoms with Gasteiger partial charge in [0, 0.05) is 41.6 Å². The van der Waals surface area contributed by atoms with Crippen LogP contribution in [0.1, 0.15) is 36.4 Å². The number of nitrogens with zero attached hydrogens (tertiary/aromatic N) is 2. The lowest BCUT2D eigenvalue weighted by Gasteiger charge is -2.28. The molecule has 6 nitrogen and oxygen atoms in total. The van der Waals surface area contributed by atoms with Crippen LogP contribution >= 0.6 is 0 Å². The standard InChI is InChI=1S/C29H28N4O2/c1-20-18-23(13-15-26(20)33-17-6-5-11-27(33)34)32-29(35)28(21-8-3-2-4-9-21)31-24-12-14-25-22(19-24)10-7-16-30-25/h2-4,7-10,12-16,18-19,28,31H,5-6,11,17H2,1H3,(H,32,35). The molecule has 3 aromatic carbocycles. The number of nitrogens with one attached hydrogen (secondary N) is 2. The first-order chi connectivity index (χ1) is 17.1. The Kier molecular flexibility index (Phi) is 6.44. The van der Waals surface area contributed by atoms with Crippen LogP contribution in [-0.4, -0.2) is 23.3 Å². The molecule has 6 heteroatoms. The molecule has 0 spiro atoms. The summed E-state index contributed by atoms with van der Waals surface area (Å²) in [6.45, 7) is 2.72. The lowest BCUT2D eigenvalue weighted by atomic mass is 10.0. The number of anilines is 3. The zero-order valence-electron chi connectivity index (χ0n) is 19.7. The summed E-state index contributed by atoms with van der Waals surface area (Å²) in [5, 5.41) is 7.46. The minimum Gasteiger partial charge on any atom is -0.370 e. The number of carbonyl (C=O) groups excluding carboxylic acids is 2. The van der Waals surface area contributed by atoms with Gasteiger partial charge in [-0.05, 0) is 73.4 Å². The van der Waals surface area contributed by atoms with Crippen LogP contribution < -0.4 is 15.5 Å². The molecule has 0 bridgehead atoms. The van der Waals surface area contributed by atoms with E-state index in [2.05, 4.69) is 15.6 Å². The molecule has 2 heterocycles. The molecule has 1 aliphatic rings. The Balaban J connectivity index is 1.38. The molecule has 1 saturated heterocycles. The molecule has 1 aromatic heterocycles. The van der Waals surface area contributed by atoms with Gasteiger partial charge in [0.2, 0.25) is 5.91 Å². The first-order valence-electron chi connectivity index (χ1n) is 12.0. The van der Waals surface area contributed by atoms with Gasteiger partial charge in [0.25, 0.3) is 5.91 Å². The second kappa shape index (κ2) is 9.97. The SMILES string of the molecule is Cc1cc(NC(=O)C(Nc2ccc3ncccc3c2)c2ccccc2)ccc1N1CCCCC1=O. The predicted molar refractivity (Wildman–Crippen MR) is 141 cm³/mol. The van der Waals surface area contributed by atoms with Crippen LogP contribution in [0.25, 0.3) is 10.9 Å². The summed E-state index contributed by atoms with van der Waals surface area (Å²) in [6, 6.07) is 24.6. The van der Waals surface area contributed by atoms with E-state index in [0.29, 0.717) is 12.1 Å². The van der Waals surface area contributed by atoms with Crippen LogP contribution in [0, 0.1) is 6.92 Å². The van der Waals surface area contributed by atoms with E-state index in [1.54, 1.807) is 6.20 Å². The number of piperidine rings is 1. The summed E-state index contributed by atoms with van der Waals surface area (Å²) in [5.41, 5.74) is 5.18. The smallest absolute Gasteiger partial charge is 0.251 e. The Morgan fingerprint density at radius 2 is 1.77 bits per heavy atom. The third kappa shape index (κ3) is 5.01. The van der Waals surface area contributed by atoms with Crippen LogP contribution in [0.15, 0.2) is 85.1 Å². The number of hydrogen-bond donors (Lipinski definition) is 2. The zero-order valence-corrected chi connectivity index (χ0v) is 19.7. The van der Waals surface area contributed by atoms with Crippen molar-refractivity contribution in [2.45, 2.75) is 32.2 Å². The van der Waals surface area contributed by atoms with Gasteiger partial charge in [-0.3, -0.25) is 14.6 Å². The van der Waals surface area contributed by atoms with Crippen LogP contribution in [-0.2, 0) is 9.59 Å². The average molecular weight is 465 g/mol. The first kappa shape index (κ1) is 22.6. The van der Waals surface area contributed by atoms with Gasteiger partial charge >= 0.3 is 0 Å². The lowest BCUT2D eigenvalue weighted by molar-refractivity contribution is -0.119. The average Bonchev–Trinajstić information content (AvgIpc) is 2.88. The Morgan fingerprint density at radius 1 is 0.943 bits per heavy atom. The van der Waals surface area contributed by atoms with Crippen LogP contribution in [0.2, 0.25) is 0 Å². The van der Waals surface area contributed by atoms with Crippen LogP contribution in [0.5, 0.6) is 0 Å². The van der Waals surface area contributed by atoms with Crippen molar-refractivity contribution in [3.63, 3.8) is 0 Å². The fraction of sp³-hybridized carbons (Fsp3) is 0.207. The summed E-state index contributed by atoms with van der Waals surface area (Å²) in [4.78, 5) is 32.1. The summed E-state index contributed by atoms with van der Waals surface area (Å²) in [7, 11) is 0. The largest absolute Gasteiger partial charge is 0.370 e. The molecule has 0 radical (unpaired) electrons. The normalized spacial score (nSPS) is 14.5. The Bertz CT molecular complexity index is 1370. The first-order valence-corrected chi connectivity index (χ1v) is 12.0. The van der Waals surface area contributed by atoms with E-state index < -0.39 is 6.04 Å². The fourth-order valence-electron chi connectivity index (χ4n) is 4.59. The Morgan fingerprint density at radius 3 is 2.57 bits per heavy atom. The maximum Gasteiger partial charge on any atom is 0.251 e. The van der Waals surface area contributed by atoms with Crippen molar-refractivity contribution >= 4 is 39.8 Å². The molecule has 4 aromatic rings. The van der Waals surface area contributed by atoms with Gasteiger partial charge in [0.05, 0.1) is 5.52 Å². The summed E-state index contributed by atoms with van der Waals surface area (Å²) in [5.74, 6) is -0.00116. The van der Waals surface area contributed by atoms with E-state index in [1.165, 1.54) is 0 Å². The molecule has 1 aliphatic heterocycles. The number of hydrogen-bond acceptors (Lipinski definition) is 4. The molecule has 2 amide bonds. The molecule has 176 valence electrons. The maximum absolute atomic E-state index is 13.5.